The monoisotopic (exact) mass is 277 g/mol. The molecule has 3 heteroatoms. The zero-order valence-corrected chi connectivity index (χ0v) is 12.0. The average molecular weight is 278 g/mol. The molecule has 1 saturated carbocycles. The lowest BCUT2D eigenvalue weighted by Gasteiger charge is -2.11. The van der Waals surface area contributed by atoms with Crippen LogP contribution in [0, 0.1) is 0 Å². The third-order valence-corrected chi connectivity index (χ3v) is 4.25. The van der Waals surface area contributed by atoms with Crippen molar-refractivity contribution in [2.24, 2.45) is 0 Å². The van der Waals surface area contributed by atoms with Gasteiger partial charge in [0.1, 0.15) is 11.3 Å². The second kappa shape index (κ2) is 5.56. The molecule has 102 valence electrons. The predicted molar refractivity (Wildman–Crippen MR) is 79.9 cm³/mol. The standard InChI is InChI=1S/C16H20ClNO/c1-2-7-18-14-5-3-11(9-14)16-10-12-8-13(17)4-6-15(12)19-16/h4,6,8,10-11,14,18H,2-3,5,7,9H2,1H3. The average Bonchev–Trinajstić information content (AvgIpc) is 3.01. The number of nitrogens with one attached hydrogen (secondary N) is 1. The molecule has 1 aromatic heterocycles. The molecule has 0 radical (unpaired) electrons. The summed E-state index contributed by atoms with van der Waals surface area (Å²) in [7, 11) is 0. The summed E-state index contributed by atoms with van der Waals surface area (Å²) in [5.41, 5.74) is 0.948. The van der Waals surface area contributed by atoms with Crippen LogP contribution >= 0.6 is 11.6 Å². The molecule has 1 heterocycles. The molecule has 2 unspecified atom stereocenters. The van der Waals surface area contributed by atoms with Crippen LogP contribution in [0.5, 0.6) is 0 Å². The van der Waals surface area contributed by atoms with Crippen molar-refractivity contribution in [3.63, 3.8) is 0 Å². The largest absolute Gasteiger partial charge is 0.461 e. The number of benzene rings is 1. The molecule has 3 rings (SSSR count). The second-order valence-corrected chi connectivity index (χ2v) is 5.93. The van der Waals surface area contributed by atoms with Gasteiger partial charge < -0.3 is 9.73 Å². The number of halogens is 1. The van der Waals surface area contributed by atoms with Gasteiger partial charge in [-0.1, -0.05) is 18.5 Å². The third-order valence-electron chi connectivity index (χ3n) is 4.02. The van der Waals surface area contributed by atoms with Crippen molar-refractivity contribution in [3.8, 4) is 0 Å². The summed E-state index contributed by atoms with van der Waals surface area (Å²) in [6.45, 7) is 3.33. The molecule has 2 nitrogen and oxygen atoms in total. The molecule has 2 aromatic rings. The molecule has 1 aromatic carbocycles. The van der Waals surface area contributed by atoms with Gasteiger partial charge in [-0.15, -0.1) is 0 Å². The summed E-state index contributed by atoms with van der Waals surface area (Å²) in [6.07, 6.45) is 4.86. The summed E-state index contributed by atoms with van der Waals surface area (Å²) in [4.78, 5) is 0. The van der Waals surface area contributed by atoms with Crippen LogP contribution in [0.1, 0.15) is 44.3 Å². The normalized spacial score (nSPS) is 23.3. The summed E-state index contributed by atoms with van der Waals surface area (Å²) >= 11 is 6.02. The fraction of sp³-hybridized carbons (Fsp3) is 0.500. The van der Waals surface area contributed by atoms with Gasteiger partial charge in [0.15, 0.2) is 0 Å². The van der Waals surface area contributed by atoms with Crippen molar-refractivity contribution in [2.75, 3.05) is 6.54 Å². The van der Waals surface area contributed by atoms with Crippen LogP contribution in [0.4, 0.5) is 0 Å². The van der Waals surface area contributed by atoms with E-state index < -0.39 is 0 Å². The van der Waals surface area contributed by atoms with E-state index in [1.165, 1.54) is 25.7 Å². The molecule has 0 bridgehead atoms. The number of hydrogen-bond acceptors (Lipinski definition) is 2. The van der Waals surface area contributed by atoms with Gasteiger partial charge in [-0.25, -0.2) is 0 Å². The molecule has 1 aliphatic carbocycles. The van der Waals surface area contributed by atoms with Crippen LogP contribution in [-0.2, 0) is 0 Å². The Hall–Kier alpha value is -0.990. The van der Waals surface area contributed by atoms with Crippen molar-refractivity contribution in [3.05, 3.63) is 35.0 Å². The SMILES string of the molecule is CCCNC1CCC(c2cc3cc(Cl)ccc3o2)C1. The predicted octanol–water partition coefficient (Wildman–Crippen LogP) is 4.72. The highest BCUT2D eigenvalue weighted by Gasteiger charge is 2.27. The van der Waals surface area contributed by atoms with E-state index in [9.17, 15) is 0 Å². The Morgan fingerprint density at radius 2 is 2.21 bits per heavy atom. The Morgan fingerprint density at radius 1 is 1.32 bits per heavy atom. The van der Waals surface area contributed by atoms with Gasteiger partial charge in [0, 0.05) is 22.4 Å². The first-order valence-electron chi connectivity index (χ1n) is 7.18. The number of hydrogen-bond donors (Lipinski definition) is 1. The van der Waals surface area contributed by atoms with E-state index in [1.54, 1.807) is 0 Å². The minimum atomic E-state index is 0.556. The zero-order valence-electron chi connectivity index (χ0n) is 11.3. The fourth-order valence-electron chi connectivity index (χ4n) is 3.01. The lowest BCUT2D eigenvalue weighted by molar-refractivity contribution is 0.473. The van der Waals surface area contributed by atoms with Crippen molar-refractivity contribution in [2.45, 2.75) is 44.6 Å². The lowest BCUT2D eigenvalue weighted by atomic mass is 10.0. The van der Waals surface area contributed by atoms with E-state index in [0.29, 0.717) is 12.0 Å². The summed E-state index contributed by atoms with van der Waals surface area (Å²) in [6, 6.07) is 8.64. The van der Waals surface area contributed by atoms with Crippen LogP contribution in [0.15, 0.2) is 28.7 Å². The van der Waals surface area contributed by atoms with E-state index in [-0.39, 0.29) is 0 Å². The molecule has 1 N–H and O–H groups in total. The van der Waals surface area contributed by atoms with Crippen LogP contribution in [0.2, 0.25) is 5.02 Å². The maximum atomic E-state index is 6.02. The smallest absolute Gasteiger partial charge is 0.134 e. The van der Waals surface area contributed by atoms with Gasteiger partial charge in [-0.05, 0) is 56.5 Å². The van der Waals surface area contributed by atoms with Crippen molar-refractivity contribution in [1.82, 2.24) is 5.32 Å². The van der Waals surface area contributed by atoms with Gasteiger partial charge in [-0.2, -0.15) is 0 Å². The zero-order chi connectivity index (χ0) is 13.2. The molecule has 0 amide bonds. The highest BCUT2D eigenvalue weighted by molar-refractivity contribution is 6.31. The first-order chi connectivity index (χ1) is 9.26. The third kappa shape index (κ3) is 2.80. The van der Waals surface area contributed by atoms with E-state index in [1.807, 2.05) is 18.2 Å². The van der Waals surface area contributed by atoms with Crippen LogP contribution in [0.3, 0.4) is 0 Å². The maximum absolute atomic E-state index is 6.02. The highest BCUT2D eigenvalue weighted by atomic mass is 35.5. The quantitative estimate of drug-likeness (QED) is 0.875. The van der Waals surface area contributed by atoms with Crippen molar-refractivity contribution >= 4 is 22.6 Å². The Morgan fingerprint density at radius 3 is 3.05 bits per heavy atom. The Kier molecular flexibility index (Phi) is 3.81. The topological polar surface area (TPSA) is 25.2 Å². The van der Waals surface area contributed by atoms with E-state index in [2.05, 4.69) is 18.3 Å². The lowest BCUT2D eigenvalue weighted by Crippen LogP contribution is -2.26. The molecule has 1 aliphatic rings. The van der Waals surface area contributed by atoms with Gasteiger partial charge in [0.25, 0.3) is 0 Å². The van der Waals surface area contributed by atoms with Gasteiger partial charge in [0.2, 0.25) is 0 Å². The molecular formula is C16H20ClNO. The second-order valence-electron chi connectivity index (χ2n) is 5.49. The Bertz CT molecular complexity index is 563. The first-order valence-corrected chi connectivity index (χ1v) is 7.56. The molecule has 0 saturated heterocycles. The van der Waals surface area contributed by atoms with Gasteiger partial charge in [-0.3, -0.25) is 0 Å². The molecule has 19 heavy (non-hydrogen) atoms. The number of fused-ring (bicyclic) bond motifs is 1. The van der Waals surface area contributed by atoms with Gasteiger partial charge in [0.05, 0.1) is 0 Å². The molecule has 1 fully saturated rings. The van der Waals surface area contributed by atoms with E-state index in [0.717, 1.165) is 28.3 Å². The van der Waals surface area contributed by atoms with Crippen molar-refractivity contribution < 1.29 is 4.42 Å². The van der Waals surface area contributed by atoms with Crippen molar-refractivity contribution in [1.29, 1.82) is 0 Å². The van der Waals surface area contributed by atoms with E-state index in [4.69, 9.17) is 16.0 Å². The summed E-state index contributed by atoms with van der Waals surface area (Å²) in [5, 5.41) is 5.50. The Labute approximate surface area is 119 Å². The highest BCUT2D eigenvalue weighted by Crippen LogP contribution is 2.37. The maximum Gasteiger partial charge on any atom is 0.134 e. The van der Waals surface area contributed by atoms with Crippen LogP contribution in [-0.4, -0.2) is 12.6 Å². The minimum Gasteiger partial charge on any atom is -0.461 e. The van der Waals surface area contributed by atoms with Crippen LogP contribution in [0.25, 0.3) is 11.0 Å². The number of rotatable bonds is 4. The molecule has 2 atom stereocenters. The minimum absolute atomic E-state index is 0.556. The number of furan rings is 1. The van der Waals surface area contributed by atoms with E-state index >= 15 is 0 Å². The fourth-order valence-corrected chi connectivity index (χ4v) is 3.19. The Balaban J connectivity index is 1.74. The molecular weight excluding hydrogens is 258 g/mol. The molecule has 0 spiro atoms. The van der Waals surface area contributed by atoms with Gasteiger partial charge >= 0.3 is 0 Å². The first kappa shape index (κ1) is 13.0. The van der Waals surface area contributed by atoms with Crippen LogP contribution < -0.4 is 5.32 Å². The molecule has 0 aliphatic heterocycles. The summed E-state index contributed by atoms with van der Waals surface area (Å²) < 4.78 is 5.97. The summed E-state index contributed by atoms with van der Waals surface area (Å²) in [5.74, 6) is 1.68.